The van der Waals surface area contributed by atoms with Gasteiger partial charge in [0.25, 0.3) is 0 Å². The van der Waals surface area contributed by atoms with Gasteiger partial charge in [-0.2, -0.15) is 0 Å². The Morgan fingerprint density at radius 3 is 2.61 bits per heavy atom. The fraction of sp³-hybridized carbons (Fsp3) is 0.467. The lowest BCUT2D eigenvalue weighted by atomic mass is 9.98. The van der Waals surface area contributed by atoms with Crippen LogP contribution in [0.25, 0.3) is 0 Å². The molecule has 1 aromatic heterocycles. The average molecular weight is 338 g/mol. The summed E-state index contributed by atoms with van der Waals surface area (Å²) in [6, 6.07) is 9.30. The minimum absolute atomic E-state index is 0.102. The van der Waals surface area contributed by atoms with Gasteiger partial charge in [0.15, 0.2) is 0 Å². The van der Waals surface area contributed by atoms with Crippen molar-refractivity contribution < 1.29 is 13.2 Å². The number of rotatable bonds is 8. The number of nitrogens with one attached hydrogen (secondary N) is 1. The Bertz CT molecular complexity index is 730. The molecule has 0 fully saturated rings. The van der Waals surface area contributed by atoms with Crippen molar-refractivity contribution >= 4 is 10.0 Å². The predicted octanol–water partition coefficient (Wildman–Crippen LogP) is 1.28. The maximum atomic E-state index is 12.4. The molecule has 0 aliphatic rings. The van der Waals surface area contributed by atoms with Crippen LogP contribution in [0.1, 0.15) is 25.2 Å². The standard InChI is InChI=1S/C15H22N4O3S/c1-4-19-12-16-18-14(19)10-17-23(20,21)11-15(2,22-3)13-8-6-5-7-9-13/h5-9,12,17H,4,10-11H2,1-3H3/t15-/m1/s1. The van der Waals surface area contributed by atoms with Crippen molar-refractivity contribution in [3.63, 3.8) is 0 Å². The molecule has 0 saturated heterocycles. The zero-order valence-electron chi connectivity index (χ0n) is 13.6. The summed E-state index contributed by atoms with van der Waals surface area (Å²) in [5.74, 6) is 0.399. The maximum Gasteiger partial charge on any atom is 0.215 e. The highest BCUT2D eigenvalue weighted by Gasteiger charge is 2.32. The second-order valence-electron chi connectivity index (χ2n) is 5.41. The van der Waals surface area contributed by atoms with E-state index in [2.05, 4.69) is 14.9 Å². The van der Waals surface area contributed by atoms with Gasteiger partial charge in [-0.15, -0.1) is 10.2 Å². The molecule has 8 heteroatoms. The molecule has 7 nitrogen and oxygen atoms in total. The Labute approximate surface area is 136 Å². The number of aryl methyl sites for hydroxylation is 1. The van der Waals surface area contributed by atoms with Crippen molar-refractivity contribution in [2.75, 3.05) is 12.9 Å². The molecule has 0 saturated carbocycles. The summed E-state index contributed by atoms with van der Waals surface area (Å²) in [7, 11) is -2.05. The third-order valence-corrected chi connectivity index (χ3v) is 5.30. The number of methoxy groups -OCH3 is 1. The largest absolute Gasteiger partial charge is 0.373 e. The van der Waals surface area contributed by atoms with Crippen molar-refractivity contribution in [2.45, 2.75) is 32.5 Å². The molecule has 1 heterocycles. The molecule has 126 valence electrons. The molecular formula is C15H22N4O3S. The maximum absolute atomic E-state index is 12.4. The average Bonchev–Trinajstić information content (AvgIpc) is 3.01. The highest BCUT2D eigenvalue weighted by molar-refractivity contribution is 7.89. The summed E-state index contributed by atoms with van der Waals surface area (Å²) in [5.41, 5.74) is -0.115. The van der Waals surface area contributed by atoms with E-state index >= 15 is 0 Å². The zero-order valence-corrected chi connectivity index (χ0v) is 14.4. The minimum Gasteiger partial charge on any atom is -0.373 e. The Morgan fingerprint density at radius 2 is 2.00 bits per heavy atom. The molecule has 0 aliphatic carbocycles. The zero-order chi connectivity index (χ0) is 16.9. The van der Waals surface area contributed by atoms with Gasteiger partial charge in [-0.05, 0) is 19.4 Å². The highest BCUT2D eigenvalue weighted by atomic mass is 32.2. The number of benzene rings is 1. The molecule has 2 rings (SSSR count). The number of sulfonamides is 1. The molecule has 0 spiro atoms. The van der Waals surface area contributed by atoms with Crippen LogP contribution >= 0.6 is 0 Å². The molecule has 1 N–H and O–H groups in total. The van der Waals surface area contributed by atoms with Crippen LogP contribution in [-0.4, -0.2) is 36.0 Å². The van der Waals surface area contributed by atoms with Gasteiger partial charge in [-0.25, -0.2) is 13.1 Å². The molecule has 0 radical (unpaired) electrons. The first kappa shape index (κ1) is 17.6. The summed E-state index contributed by atoms with van der Waals surface area (Å²) in [5, 5.41) is 7.71. The summed E-state index contributed by atoms with van der Waals surface area (Å²) >= 11 is 0. The van der Waals surface area contributed by atoms with Gasteiger partial charge in [0, 0.05) is 13.7 Å². The van der Waals surface area contributed by atoms with Crippen LogP contribution in [0.15, 0.2) is 36.7 Å². The second kappa shape index (κ2) is 7.20. The van der Waals surface area contributed by atoms with Crippen molar-refractivity contribution in [1.29, 1.82) is 0 Å². The van der Waals surface area contributed by atoms with E-state index in [-0.39, 0.29) is 12.3 Å². The first-order chi connectivity index (χ1) is 10.9. The number of ether oxygens (including phenoxy) is 1. The lowest BCUT2D eigenvalue weighted by molar-refractivity contribution is 0.0220. The van der Waals surface area contributed by atoms with Crippen molar-refractivity contribution in [3.05, 3.63) is 48.0 Å². The smallest absolute Gasteiger partial charge is 0.215 e. The molecule has 0 aliphatic heterocycles. The van der Waals surface area contributed by atoms with Crippen LogP contribution < -0.4 is 4.72 Å². The summed E-state index contributed by atoms with van der Waals surface area (Å²) in [4.78, 5) is 0. The molecule has 0 bridgehead atoms. The Morgan fingerprint density at radius 1 is 1.30 bits per heavy atom. The summed E-state index contributed by atoms with van der Waals surface area (Å²) in [6.45, 7) is 4.49. The third-order valence-electron chi connectivity index (χ3n) is 3.79. The lowest BCUT2D eigenvalue weighted by Gasteiger charge is -2.28. The van der Waals surface area contributed by atoms with Gasteiger partial charge < -0.3 is 9.30 Å². The van der Waals surface area contributed by atoms with E-state index in [1.165, 1.54) is 7.11 Å². The van der Waals surface area contributed by atoms with Crippen LogP contribution in [0.4, 0.5) is 0 Å². The molecule has 1 aromatic carbocycles. The van der Waals surface area contributed by atoms with E-state index in [9.17, 15) is 8.42 Å². The quantitative estimate of drug-likeness (QED) is 0.783. The number of nitrogens with zero attached hydrogens (tertiary/aromatic N) is 3. The van der Waals surface area contributed by atoms with E-state index in [0.717, 1.165) is 5.56 Å². The van der Waals surface area contributed by atoms with E-state index in [4.69, 9.17) is 4.74 Å². The van der Waals surface area contributed by atoms with Crippen molar-refractivity contribution in [1.82, 2.24) is 19.5 Å². The number of aromatic nitrogens is 3. The van der Waals surface area contributed by atoms with Gasteiger partial charge in [0.05, 0.1) is 12.3 Å². The van der Waals surface area contributed by atoms with E-state index in [1.54, 1.807) is 17.8 Å². The second-order valence-corrected chi connectivity index (χ2v) is 7.22. The Hall–Kier alpha value is -1.77. The number of hydrogen-bond donors (Lipinski definition) is 1. The predicted molar refractivity (Wildman–Crippen MR) is 87.1 cm³/mol. The third kappa shape index (κ3) is 4.37. The molecule has 0 unspecified atom stereocenters. The van der Waals surface area contributed by atoms with E-state index in [1.807, 2.05) is 37.3 Å². The fourth-order valence-corrected chi connectivity index (χ4v) is 3.78. The Kier molecular flexibility index (Phi) is 5.51. The molecular weight excluding hydrogens is 316 g/mol. The van der Waals surface area contributed by atoms with E-state index in [0.29, 0.717) is 12.4 Å². The normalized spacial score (nSPS) is 14.6. The lowest BCUT2D eigenvalue weighted by Crippen LogP contribution is -2.39. The van der Waals surface area contributed by atoms with Crippen molar-refractivity contribution in [3.8, 4) is 0 Å². The SMILES string of the molecule is CCn1cnnc1CNS(=O)(=O)C[C@@](C)(OC)c1ccccc1. The highest BCUT2D eigenvalue weighted by Crippen LogP contribution is 2.26. The summed E-state index contributed by atoms with van der Waals surface area (Å²) < 4.78 is 34.7. The topological polar surface area (TPSA) is 86.1 Å². The van der Waals surface area contributed by atoms with Gasteiger partial charge in [0.2, 0.25) is 10.0 Å². The van der Waals surface area contributed by atoms with Crippen LogP contribution in [0.2, 0.25) is 0 Å². The number of hydrogen-bond acceptors (Lipinski definition) is 5. The first-order valence-corrected chi connectivity index (χ1v) is 9.00. The van der Waals surface area contributed by atoms with Crippen LogP contribution in [0.5, 0.6) is 0 Å². The van der Waals surface area contributed by atoms with Crippen LogP contribution in [0.3, 0.4) is 0 Å². The first-order valence-electron chi connectivity index (χ1n) is 7.35. The minimum atomic E-state index is -3.56. The monoisotopic (exact) mass is 338 g/mol. The van der Waals surface area contributed by atoms with Gasteiger partial charge in [-0.1, -0.05) is 30.3 Å². The van der Waals surface area contributed by atoms with Crippen LogP contribution in [0, 0.1) is 0 Å². The molecule has 2 aromatic rings. The molecule has 0 amide bonds. The van der Waals surface area contributed by atoms with Gasteiger partial charge >= 0.3 is 0 Å². The van der Waals surface area contributed by atoms with E-state index < -0.39 is 15.6 Å². The van der Waals surface area contributed by atoms with Crippen molar-refractivity contribution in [2.24, 2.45) is 0 Å². The molecule has 1 atom stereocenters. The molecule has 23 heavy (non-hydrogen) atoms. The summed E-state index contributed by atoms with van der Waals surface area (Å²) in [6.07, 6.45) is 1.58. The van der Waals surface area contributed by atoms with Crippen LogP contribution in [-0.2, 0) is 33.5 Å². The fourth-order valence-electron chi connectivity index (χ4n) is 2.32. The van der Waals surface area contributed by atoms with Gasteiger partial charge in [0.1, 0.15) is 17.8 Å². The Balaban J connectivity index is 2.10. The van der Waals surface area contributed by atoms with Gasteiger partial charge in [-0.3, -0.25) is 0 Å².